The number of nitrogens with zero attached hydrogens (tertiary/aromatic N) is 2. The summed E-state index contributed by atoms with van der Waals surface area (Å²) in [5.74, 6) is 1.46. The van der Waals surface area contributed by atoms with Gasteiger partial charge < -0.3 is 0 Å². The lowest BCUT2D eigenvalue weighted by Gasteiger charge is -2.31. The first-order chi connectivity index (χ1) is 7.78. The quantitative estimate of drug-likeness (QED) is 0.753. The fraction of sp³-hybridized carbons (Fsp3) is 0.615. The average Bonchev–Trinajstić information content (AvgIpc) is 2.29. The molecule has 1 saturated heterocycles. The Balaban J connectivity index is 1.94. The van der Waals surface area contributed by atoms with Crippen molar-refractivity contribution < 1.29 is 0 Å². The van der Waals surface area contributed by atoms with Crippen LogP contribution in [0.25, 0.3) is 0 Å². The van der Waals surface area contributed by atoms with Crippen molar-refractivity contribution in [1.29, 1.82) is 0 Å². The highest BCUT2D eigenvalue weighted by Gasteiger charge is 2.19. The van der Waals surface area contributed by atoms with Crippen LogP contribution in [0, 0.1) is 12.8 Å². The zero-order valence-electron chi connectivity index (χ0n) is 9.82. The minimum atomic E-state index is 0.667. The van der Waals surface area contributed by atoms with Gasteiger partial charge in [0, 0.05) is 24.7 Å². The maximum Gasteiger partial charge on any atom is 0.0547 e. The van der Waals surface area contributed by atoms with Gasteiger partial charge in [0.15, 0.2) is 0 Å². The average molecular weight is 239 g/mol. The number of halogens is 1. The molecular weight excluding hydrogens is 220 g/mol. The van der Waals surface area contributed by atoms with Crippen LogP contribution in [0.3, 0.4) is 0 Å². The van der Waals surface area contributed by atoms with Gasteiger partial charge in [0.2, 0.25) is 0 Å². The Kier molecular flexibility index (Phi) is 4.19. The second kappa shape index (κ2) is 5.65. The molecule has 0 saturated carbocycles. The van der Waals surface area contributed by atoms with Crippen LogP contribution in [0.4, 0.5) is 0 Å². The van der Waals surface area contributed by atoms with Crippen LogP contribution in [-0.4, -0.2) is 28.9 Å². The largest absolute Gasteiger partial charge is 0.297 e. The lowest BCUT2D eigenvalue weighted by atomic mass is 10.00. The number of rotatable bonds is 3. The van der Waals surface area contributed by atoms with Crippen molar-refractivity contribution in [3.8, 4) is 0 Å². The van der Waals surface area contributed by atoms with E-state index in [0.717, 1.165) is 24.7 Å². The molecule has 1 aromatic rings. The van der Waals surface area contributed by atoms with Crippen LogP contribution in [-0.2, 0) is 6.54 Å². The minimum Gasteiger partial charge on any atom is -0.297 e. The van der Waals surface area contributed by atoms with Gasteiger partial charge in [0.05, 0.1) is 5.69 Å². The molecule has 3 heteroatoms. The molecule has 0 radical (unpaired) electrons. The SMILES string of the molecule is Cc1cccc(CN2CCCC(CCl)C2)n1. The van der Waals surface area contributed by atoms with E-state index in [-0.39, 0.29) is 0 Å². The summed E-state index contributed by atoms with van der Waals surface area (Å²) in [5.41, 5.74) is 2.28. The normalized spacial score (nSPS) is 22.2. The van der Waals surface area contributed by atoms with Crippen LogP contribution in [0.1, 0.15) is 24.2 Å². The van der Waals surface area contributed by atoms with Crippen molar-refractivity contribution in [2.75, 3.05) is 19.0 Å². The third-order valence-electron chi connectivity index (χ3n) is 3.15. The van der Waals surface area contributed by atoms with E-state index in [4.69, 9.17) is 11.6 Å². The van der Waals surface area contributed by atoms with Crippen molar-refractivity contribution in [2.45, 2.75) is 26.3 Å². The first kappa shape index (κ1) is 11.9. The number of hydrogen-bond donors (Lipinski definition) is 0. The summed E-state index contributed by atoms with van der Waals surface area (Å²) in [6.07, 6.45) is 2.55. The van der Waals surface area contributed by atoms with Gasteiger partial charge in [-0.2, -0.15) is 0 Å². The molecular formula is C13H19ClN2. The van der Waals surface area contributed by atoms with Crippen molar-refractivity contribution in [3.63, 3.8) is 0 Å². The number of alkyl halides is 1. The molecule has 1 aliphatic rings. The molecule has 1 aromatic heterocycles. The van der Waals surface area contributed by atoms with E-state index in [9.17, 15) is 0 Å². The fourth-order valence-corrected chi connectivity index (χ4v) is 2.59. The third kappa shape index (κ3) is 3.19. The van der Waals surface area contributed by atoms with Gasteiger partial charge in [0.25, 0.3) is 0 Å². The van der Waals surface area contributed by atoms with Crippen LogP contribution in [0.5, 0.6) is 0 Å². The van der Waals surface area contributed by atoms with E-state index < -0.39 is 0 Å². The summed E-state index contributed by atoms with van der Waals surface area (Å²) in [6.45, 7) is 5.32. The molecule has 1 fully saturated rings. The van der Waals surface area contributed by atoms with Crippen LogP contribution in [0.15, 0.2) is 18.2 Å². The lowest BCUT2D eigenvalue weighted by Crippen LogP contribution is -2.35. The summed E-state index contributed by atoms with van der Waals surface area (Å²) < 4.78 is 0. The van der Waals surface area contributed by atoms with E-state index in [1.165, 1.54) is 25.1 Å². The monoisotopic (exact) mass is 238 g/mol. The topological polar surface area (TPSA) is 16.1 Å². The molecule has 0 aliphatic carbocycles. The Morgan fingerprint density at radius 3 is 3.12 bits per heavy atom. The Morgan fingerprint density at radius 2 is 2.38 bits per heavy atom. The Bertz CT molecular complexity index is 340. The zero-order chi connectivity index (χ0) is 11.4. The highest BCUT2D eigenvalue weighted by molar-refractivity contribution is 6.18. The summed E-state index contributed by atoms with van der Waals surface area (Å²) in [6, 6.07) is 6.24. The first-order valence-corrected chi connectivity index (χ1v) is 6.52. The Hall–Kier alpha value is -0.600. The molecule has 1 atom stereocenters. The van der Waals surface area contributed by atoms with Gasteiger partial charge >= 0.3 is 0 Å². The summed E-state index contributed by atoms with van der Waals surface area (Å²) in [4.78, 5) is 7.01. The highest BCUT2D eigenvalue weighted by atomic mass is 35.5. The van der Waals surface area contributed by atoms with Gasteiger partial charge in [0.1, 0.15) is 0 Å². The summed E-state index contributed by atoms with van der Waals surface area (Å²) >= 11 is 5.93. The molecule has 0 N–H and O–H groups in total. The van der Waals surface area contributed by atoms with Crippen molar-refractivity contribution in [3.05, 3.63) is 29.6 Å². The van der Waals surface area contributed by atoms with Gasteiger partial charge in [-0.15, -0.1) is 11.6 Å². The number of hydrogen-bond acceptors (Lipinski definition) is 2. The van der Waals surface area contributed by atoms with E-state index >= 15 is 0 Å². The molecule has 0 aromatic carbocycles. The van der Waals surface area contributed by atoms with Crippen LogP contribution < -0.4 is 0 Å². The standard InChI is InChI=1S/C13H19ClN2/c1-11-4-2-6-13(15-11)10-16-7-3-5-12(8-14)9-16/h2,4,6,12H,3,5,7-10H2,1H3. The van der Waals surface area contributed by atoms with Gasteiger partial charge in [-0.05, 0) is 44.4 Å². The van der Waals surface area contributed by atoms with Gasteiger partial charge in [-0.1, -0.05) is 6.07 Å². The molecule has 1 aliphatic heterocycles. The molecule has 1 unspecified atom stereocenters. The zero-order valence-corrected chi connectivity index (χ0v) is 10.6. The molecule has 0 spiro atoms. The second-order valence-corrected chi connectivity index (χ2v) is 4.98. The van der Waals surface area contributed by atoms with E-state index in [1.807, 2.05) is 13.0 Å². The summed E-state index contributed by atoms with van der Waals surface area (Å²) in [7, 11) is 0. The van der Waals surface area contributed by atoms with Crippen LogP contribution in [0.2, 0.25) is 0 Å². The molecule has 2 rings (SSSR count). The first-order valence-electron chi connectivity index (χ1n) is 5.99. The number of pyridine rings is 1. The van der Waals surface area contributed by atoms with Crippen molar-refractivity contribution >= 4 is 11.6 Å². The molecule has 16 heavy (non-hydrogen) atoms. The molecule has 88 valence electrons. The fourth-order valence-electron chi connectivity index (χ4n) is 2.34. The molecule has 2 nitrogen and oxygen atoms in total. The van der Waals surface area contributed by atoms with E-state index in [1.54, 1.807) is 0 Å². The Labute approximate surface area is 103 Å². The molecule has 0 bridgehead atoms. The maximum atomic E-state index is 5.93. The van der Waals surface area contributed by atoms with Crippen LogP contribution >= 0.6 is 11.6 Å². The van der Waals surface area contributed by atoms with Crippen molar-refractivity contribution in [1.82, 2.24) is 9.88 Å². The number of aromatic nitrogens is 1. The molecule has 0 amide bonds. The maximum absolute atomic E-state index is 5.93. The number of aryl methyl sites for hydroxylation is 1. The van der Waals surface area contributed by atoms with Crippen molar-refractivity contribution in [2.24, 2.45) is 5.92 Å². The predicted molar refractivity (Wildman–Crippen MR) is 67.7 cm³/mol. The molecule has 2 heterocycles. The van der Waals surface area contributed by atoms with E-state index in [0.29, 0.717) is 5.92 Å². The predicted octanol–water partition coefficient (Wildman–Crippen LogP) is 2.84. The smallest absolute Gasteiger partial charge is 0.0547 e. The number of piperidine rings is 1. The minimum absolute atomic E-state index is 0.667. The lowest BCUT2D eigenvalue weighted by molar-refractivity contribution is 0.176. The highest BCUT2D eigenvalue weighted by Crippen LogP contribution is 2.19. The Morgan fingerprint density at radius 1 is 1.50 bits per heavy atom. The van der Waals surface area contributed by atoms with Gasteiger partial charge in [-0.3, -0.25) is 9.88 Å². The van der Waals surface area contributed by atoms with Gasteiger partial charge in [-0.25, -0.2) is 0 Å². The van der Waals surface area contributed by atoms with E-state index in [2.05, 4.69) is 22.0 Å². The second-order valence-electron chi connectivity index (χ2n) is 4.67. The number of likely N-dealkylation sites (tertiary alicyclic amines) is 1. The third-order valence-corrected chi connectivity index (χ3v) is 3.59. The summed E-state index contributed by atoms with van der Waals surface area (Å²) in [5, 5.41) is 0.